The van der Waals surface area contributed by atoms with Crippen molar-refractivity contribution in [3.05, 3.63) is 33.8 Å². The first-order valence-corrected chi connectivity index (χ1v) is 8.68. The van der Waals surface area contributed by atoms with E-state index in [-0.39, 0.29) is 0 Å². The van der Waals surface area contributed by atoms with Gasteiger partial charge in [0.1, 0.15) is 0 Å². The van der Waals surface area contributed by atoms with Gasteiger partial charge in [0.25, 0.3) is 0 Å². The summed E-state index contributed by atoms with van der Waals surface area (Å²) in [5.41, 5.74) is 8.79. The molecule has 110 valence electrons. The van der Waals surface area contributed by atoms with Crippen LogP contribution in [-0.2, 0) is 0 Å². The van der Waals surface area contributed by atoms with Crippen LogP contribution in [0, 0.1) is 5.92 Å². The smallest absolute Gasteiger partial charge is 0.0349 e. The maximum atomic E-state index is 5.84. The lowest BCUT2D eigenvalue weighted by atomic mass is 9.94. The lowest BCUT2D eigenvalue weighted by molar-refractivity contribution is 0.313. The van der Waals surface area contributed by atoms with E-state index in [1.54, 1.807) is 0 Å². The first-order chi connectivity index (χ1) is 9.69. The van der Waals surface area contributed by atoms with Crippen LogP contribution in [0.5, 0.6) is 0 Å². The van der Waals surface area contributed by atoms with Crippen LogP contribution < -0.4 is 5.73 Å². The second-order valence-corrected chi connectivity index (χ2v) is 7.41. The molecule has 2 unspecified atom stereocenters. The minimum absolute atomic E-state index is 0.539. The lowest BCUT2D eigenvalue weighted by Gasteiger charge is -2.21. The van der Waals surface area contributed by atoms with E-state index in [9.17, 15) is 0 Å². The van der Waals surface area contributed by atoms with Crippen LogP contribution in [0.3, 0.4) is 0 Å². The maximum absolute atomic E-state index is 5.84. The predicted octanol–water partition coefficient (Wildman–Crippen LogP) is 4.06. The minimum Gasteiger partial charge on any atom is -0.330 e. The molecule has 1 aromatic carbocycles. The quantitative estimate of drug-likeness (QED) is 0.901. The van der Waals surface area contributed by atoms with E-state index < -0.39 is 0 Å². The molecule has 1 saturated heterocycles. The number of hydrogen-bond donors (Lipinski definition) is 1. The van der Waals surface area contributed by atoms with E-state index in [1.807, 2.05) is 0 Å². The van der Waals surface area contributed by atoms with E-state index in [0.717, 1.165) is 19.0 Å². The van der Waals surface area contributed by atoms with Gasteiger partial charge in [0.2, 0.25) is 0 Å². The monoisotopic (exact) mass is 336 g/mol. The molecular formula is C17H25BrN2. The lowest BCUT2D eigenvalue weighted by Crippen LogP contribution is -2.20. The largest absolute Gasteiger partial charge is 0.330 e. The highest BCUT2D eigenvalue weighted by molar-refractivity contribution is 9.10. The van der Waals surface area contributed by atoms with Gasteiger partial charge in [0, 0.05) is 17.1 Å². The van der Waals surface area contributed by atoms with Gasteiger partial charge in [-0.2, -0.15) is 0 Å². The summed E-state index contributed by atoms with van der Waals surface area (Å²) in [5.74, 6) is 1.43. The molecule has 2 fully saturated rings. The molecule has 3 heteroatoms. The normalized spacial score (nSPS) is 28.4. The zero-order valence-electron chi connectivity index (χ0n) is 12.3. The standard InChI is InChI=1S/C17H25BrN2/c1-20-11-12(10-19)8-17(20)14-6-7-15(16(18)9-14)13-4-2-3-5-13/h6-7,9,12-13,17H,2-5,8,10-11,19H2,1H3. The molecular weight excluding hydrogens is 312 g/mol. The van der Waals surface area contributed by atoms with Crippen molar-refractivity contribution in [3.63, 3.8) is 0 Å². The van der Waals surface area contributed by atoms with Crippen molar-refractivity contribution in [2.45, 2.75) is 44.1 Å². The summed E-state index contributed by atoms with van der Waals surface area (Å²) in [6.45, 7) is 1.94. The van der Waals surface area contributed by atoms with Gasteiger partial charge in [-0.3, -0.25) is 4.90 Å². The second-order valence-electron chi connectivity index (χ2n) is 6.56. The molecule has 2 nitrogen and oxygen atoms in total. The third kappa shape index (κ3) is 2.81. The van der Waals surface area contributed by atoms with Gasteiger partial charge in [0.05, 0.1) is 0 Å². The Morgan fingerprint density at radius 1 is 1.30 bits per heavy atom. The molecule has 0 bridgehead atoms. The number of rotatable bonds is 3. The van der Waals surface area contributed by atoms with Gasteiger partial charge < -0.3 is 5.73 Å². The molecule has 2 atom stereocenters. The SMILES string of the molecule is CN1CC(CN)CC1c1ccc(C2CCCC2)c(Br)c1. The predicted molar refractivity (Wildman–Crippen MR) is 87.9 cm³/mol. The van der Waals surface area contributed by atoms with Crippen molar-refractivity contribution in [1.82, 2.24) is 4.90 Å². The topological polar surface area (TPSA) is 29.3 Å². The third-order valence-electron chi connectivity index (χ3n) is 5.17. The Hall–Kier alpha value is -0.380. The first kappa shape index (κ1) is 14.6. The summed E-state index contributed by atoms with van der Waals surface area (Å²) in [5, 5.41) is 0. The number of nitrogens with two attached hydrogens (primary N) is 1. The van der Waals surface area contributed by atoms with E-state index in [1.165, 1.54) is 47.7 Å². The summed E-state index contributed by atoms with van der Waals surface area (Å²) in [4.78, 5) is 2.45. The first-order valence-electron chi connectivity index (χ1n) is 7.88. The van der Waals surface area contributed by atoms with Crippen molar-refractivity contribution in [3.8, 4) is 0 Å². The van der Waals surface area contributed by atoms with Crippen molar-refractivity contribution in [1.29, 1.82) is 0 Å². The molecule has 20 heavy (non-hydrogen) atoms. The van der Waals surface area contributed by atoms with E-state index in [4.69, 9.17) is 5.73 Å². The molecule has 0 radical (unpaired) electrons. The summed E-state index contributed by atoms with van der Waals surface area (Å²) >= 11 is 3.81. The Balaban J connectivity index is 1.79. The summed E-state index contributed by atoms with van der Waals surface area (Å²) in [7, 11) is 2.22. The molecule has 2 N–H and O–H groups in total. The molecule has 0 spiro atoms. The van der Waals surface area contributed by atoms with Gasteiger partial charge in [-0.05, 0) is 61.9 Å². The van der Waals surface area contributed by atoms with Gasteiger partial charge >= 0.3 is 0 Å². The van der Waals surface area contributed by atoms with Crippen molar-refractivity contribution in [2.75, 3.05) is 20.1 Å². The van der Waals surface area contributed by atoms with Crippen LogP contribution in [0.25, 0.3) is 0 Å². The summed E-state index contributed by atoms with van der Waals surface area (Å²) in [6, 6.07) is 7.60. The Bertz CT molecular complexity index is 468. The average Bonchev–Trinajstić information content (AvgIpc) is 3.07. The van der Waals surface area contributed by atoms with Crippen LogP contribution in [0.1, 0.15) is 55.2 Å². The van der Waals surface area contributed by atoms with Crippen LogP contribution in [-0.4, -0.2) is 25.0 Å². The number of likely N-dealkylation sites (tertiary alicyclic amines) is 1. The molecule has 1 aromatic rings. The highest BCUT2D eigenvalue weighted by Crippen LogP contribution is 2.40. The van der Waals surface area contributed by atoms with E-state index >= 15 is 0 Å². The molecule has 1 aliphatic carbocycles. The zero-order valence-corrected chi connectivity index (χ0v) is 13.9. The number of halogens is 1. The Morgan fingerprint density at radius 2 is 2.05 bits per heavy atom. The molecule has 1 heterocycles. The fourth-order valence-corrected chi connectivity index (χ4v) is 4.70. The van der Waals surface area contributed by atoms with Crippen LogP contribution in [0.2, 0.25) is 0 Å². The van der Waals surface area contributed by atoms with E-state index in [0.29, 0.717) is 12.0 Å². The third-order valence-corrected chi connectivity index (χ3v) is 5.86. The molecule has 2 aliphatic rings. The highest BCUT2D eigenvalue weighted by Gasteiger charge is 2.30. The highest BCUT2D eigenvalue weighted by atomic mass is 79.9. The molecule has 1 saturated carbocycles. The summed E-state index contributed by atoms with van der Waals surface area (Å²) in [6.07, 6.45) is 6.69. The molecule has 0 amide bonds. The molecule has 0 aromatic heterocycles. The maximum Gasteiger partial charge on any atom is 0.0349 e. The van der Waals surface area contributed by atoms with Crippen LogP contribution in [0.4, 0.5) is 0 Å². The number of hydrogen-bond acceptors (Lipinski definition) is 2. The fraction of sp³-hybridized carbons (Fsp3) is 0.647. The average molecular weight is 337 g/mol. The van der Waals surface area contributed by atoms with Crippen LogP contribution in [0.15, 0.2) is 22.7 Å². The Morgan fingerprint density at radius 3 is 2.65 bits per heavy atom. The zero-order chi connectivity index (χ0) is 14.1. The van der Waals surface area contributed by atoms with Crippen molar-refractivity contribution >= 4 is 15.9 Å². The van der Waals surface area contributed by atoms with Crippen molar-refractivity contribution < 1.29 is 0 Å². The Labute approximate surface area is 130 Å². The van der Waals surface area contributed by atoms with Gasteiger partial charge in [-0.15, -0.1) is 0 Å². The van der Waals surface area contributed by atoms with Crippen molar-refractivity contribution in [2.24, 2.45) is 11.7 Å². The molecule has 1 aliphatic heterocycles. The van der Waals surface area contributed by atoms with Crippen LogP contribution >= 0.6 is 15.9 Å². The number of benzene rings is 1. The number of nitrogens with zero attached hydrogens (tertiary/aromatic N) is 1. The second kappa shape index (κ2) is 6.17. The summed E-state index contributed by atoms with van der Waals surface area (Å²) < 4.78 is 1.31. The Kier molecular flexibility index (Phi) is 4.49. The van der Waals surface area contributed by atoms with Gasteiger partial charge in [-0.25, -0.2) is 0 Å². The van der Waals surface area contributed by atoms with Gasteiger partial charge in [0.15, 0.2) is 0 Å². The van der Waals surface area contributed by atoms with E-state index in [2.05, 4.69) is 46.1 Å². The fourth-order valence-electron chi connectivity index (χ4n) is 3.98. The molecule has 3 rings (SSSR count). The minimum atomic E-state index is 0.539. The van der Waals surface area contributed by atoms with Gasteiger partial charge in [-0.1, -0.05) is 40.9 Å².